The van der Waals surface area contributed by atoms with Crippen molar-refractivity contribution >= 4 is 5.95 Å². The Hall–Kier alpha value is -2.12. The number of rotatable bonds is 3. The summed E-state index contributed by atoms with van der Waals surface area (Å²) >= 11 is 0. The van der Waals surface area contributed by atoms with Gasteiger partial charge < -0.3 is 5.32 Å². The molecule has 0 unspecified atom stereocenters. The fraction of sp³-hybridized carbons (Fsp3) is 0.300. The molecule has 0 saturated heterocycles. The highest BCUT2D eigenvalue weighted by molar-refractivity contribution is 5.27. The molecule has 0 amide bonds. The van der Waals surface area contributed by atoms with Crippen LogP contribution in [0.15, 0.2) is 24.5 Å². The monoisotopic (exact) mass is 257 g/mol. The lowest BCUT2D eigenvalue weighted by Gasteiger charge is -2.07. The molecule has 0 aliphatic heterocycles. The fourth-order valence-electron chi connectivity index (χ4n) is 1.33. The number of hydrogen-bond acceptors (Lipinski definition) is 4. The van der Waals surface area contributed by atoms with E-state index in [0.717, 1.165) is 12.3 Å². The molecule has 0 atom stereocenters. The molecule has 0 aromatic carbocycles. The van der Waals surface area contributed by atoms with Crippen molar-refractivity contribution in [2.45, 2.75) is 12.7 Å². The van der Waals surface area contributed by atoms with Gasteiger partial charge in [0.1, 0.15) is 5.69 Å². The quantitative estimate of drug-likeness (QED) is 0.911. The molecule has 18 heavy (non-hydrogen) atoms. The van der Waals surface area contributed by atoms with E-state index >= 15 is 0 Å². The summed E-state index contributed by atoms with van der Waals surface area (Å²) in [4.78, 5) is 7.10. The molecule has 0 aliphatic carbocycles. The number of nitrogens with one attached hydrogen (secondary N) is 1. The number of halogens is 3. The second kappa shape index (κ2) is 4.63. The third-order valence-corrected chi connectivity index (χ3v) is 2.14. The molecule has 5 nitrogen and oxygen atoms in total. The number of hydrogen-bond donors (Lipinski definition) is 1. The molecule has 96 valence electrons. The molecule has 2 aromatic rings. The molecule has 0 bridgehead atoms. The molecule has 2 heterocycles. The minimum Gasteiger partial charge on any atom is -0.348 e. The van der Waals surface area contributed by atoms with Gasteiger partial charge in [0.25, 0.3) is 0 Å². The van der Waals surface area contributed by atoms with Crippen LogP contribution < -0.4 is 5.32 Å². The molecule has 1 N–H and O–H groups in total. The van der Waals surface area contributed by atoms with E-state index in [4.69, 9.17) is 0 Å². The number of aryl methyl sites for hydroxylation is 1. The zero-order valence-electron chi connectivity index (χ0n) is 9.44. The lowest BCUT2D eigenvalue weighted by molar-refractivity contribution is -0.141. The Labute approximate surface area is 101 Å². The standard InChI is InChI=1S/C10H10F3N5/c1-18-5-3-7(17-18)6-15-9-14-4-2-8(16-9)10(11,12)13/h2-5H,6H2,1H3,(H,14,15,16). The van der Waals surface area contributed by atoms with Crippen LogP contribution in [0.5, 0.6) is 0 Å². The van der Waals surface area contributed by atoms with Crippen molar-refractivity contribution < 1.29 is 13.2 Å². The summed E-state index contributed by atoms with van der Waals surface area (Å²) < 4.78 is 38.8. The van der Waals surface area contributed by atoms with Crippen molar-refractivity contribution in [1.29, 1.82) is 0 Å². The van der Waals surface area contributed by atoms with Crippen molar-refractivity contribution in [2.75, 3.05) is 5.32 Å². The van der Waals surface area contributed by atoms with E-state index in [-0.39, 0.29) is 12.5 Å². The molecule has 0 radical (unpaired) electrons. The Balaban J connectivity index is 2.06. The van der Waals surface area contributed by atoms with Crippen LogP contribution in [0, 0.1) is 0 Å². The first-order valence-electron chi connectivity index (χ1n) is 5.08. The van der Waals surface area contributed by atoms with Gasteiger partial charge >= 0.3 is 6.18 Å². The molecule has 0 aliphatic rings. The maximum Gasteiger partial charge on any atom is 0.433 e. The third kappa shape index (κ3) is 2.96. The molecule has 0 spiro atoms. The maximum atomic E-state index is 12.4. The van der Waals surface area contributed by atoms with Crippen LogP contribution >= 0.6 is 0 Å². The highest BCUT2D eigenvalue weighted by Crippen LogP contribution is 2.27. The first-order chi connectivity index (χ1) is 8.45. The van der Waals surface area contributed by atoms with Gasteiger partial charge in [0.2, 0.25) is 5.95 Å². The van der Waals surface area contributed by atoms with Crippen LogP contribution in [0.3, 0.4) is 0 Å². The smallest absolute Gasteiger partial charge is 0.348 e. The molecule has 2 rings (SSSR count). The van der Waals surface area contributed by atoms with Crippen LogP contribution in [-0.2, 0) is 19.8 Å². The fourth-order valence-corrected chi connectivity index (χ4v) is 1.33. The number of aromatic nitrogens is 4. The second-order valence-corrected chi connectivity index (χ2v) is 3.60. The van der Waals surface area contributed by atoms with Crippen LogP contribution in [0.25, 0.3) is 0 Å². The van der Waals surface area contributed by atoms with Crippen LogP contribution in [0.1, 0.15) is 11.4 Å². The first kappa shape index (κ1) is 12.3. The normalized spacial score (nSPS) is 11.6. The Bertz CT molecular complexity index is 534. The zero-order valence-corrected chi connectivity index (χ0v) is 9.44. The molecular weight excluding hydrogens is 247 g/mol. The number of nitrogens with zero attached hydrogens (tertiary/aromatic N) is 4. The van der Waals surface area contributed by atoms with E-state index in [9.17, 15) is 13.2 Å². The highest BCUT2D eigenvalue weighted by atomic mass is 19.4. The van der Waals surface area contributed by atoms with Gasteiger partial charge in [0, 0.05) is 19.4 Å². The maximum absolute atomic E-state index is 12.4. The summed E-state index contributed by atoms with van der Waals surface area (Å²) in [6.07, 6.45) is -1.66. The first-order valence-corrected chi connectivity index (χ1v) is 5.08. The summed E-state index contributed by atoms with van der Waals surface area (Å²) in [5, 5.41) is 6.76. The summed E-state index contributed by atoms with van der Waals surface area (Å²) in [6.45, 7) is 0.266. The van der Waals surface area contributed by atoms with Crippen molar-refractivity contribution in [3.05, 3.63) is 35.9 Å². The summed E-state index contributed by atoms with van der Waals surface area (Å²) in [7, 11) is 1.75. The van der Waals surface area contributed by atoms with E-state index in [2.05, 4.69) is 20.4 Å². The van der Waals surface area contributed by atoms with Gasteiger partial charge in [-0.3, -0.25) is 4.68 Å². The van der Waals surface area contributed by atoms with Gasteiger partial charge in [-0.1, -0.05) is 0 Å². The number of anilines is 1. The predicted molar refractivity (Wildman–Crippen MR) is 57.6 cm³/mol. The van der Waals surface area contributed by atoms with Gasteiger partial charge in [-0.15, -0.1) is 0 Å². The van der Waals surface area contributed by atoms with E-state index < -0.39 is 11.9 Å². The lowest BCUT2D eigenvalue weighted by Crippen LogP contribution is -2.11. The van der Waals surface area contributed by atoms with Gasteiger partial charge in [-0.25, -0.2) is 9.97 Å². The van der Waals surface area contributed by atoms with Gasteiger partial charge in [-0.05, 0) is 12.1 Å². The van der Waals surface area contributed by atoms with Crippen molar-refractivity contribution in [2.24, 2.45) is 7.05 Å². The summed E-state index contributed by atoms with van der Waals surface area (Å²) in [5.74, 6) is -0.0736. The van der Waals surface area contributed by atoms with E-state index in [0.29, 0.717) is 5.69 Å². The average molecular weight is 257 g/mol. The largest absolute Gasteiger partial charge is 0.433 e. The van der Waals surface area contributed by atoms with Crippen LogP contribution in [0.2, 0.25) is 0 Å². The molecule has 2 aromatic heterocycles. The van der Waals surface area contributed by atoms with E-state index in [1.54, 1.807) is 24.0 Å². The van der Waals surface area contributed by atoms with E-state index in [1.807, 2.05) is 0 Å². The van der Waals surface area contributed by atoms with Crippen LogP contribution in [0.4, 0.5) is 19.1 Å². The summed E-state index contributed by atoms with van der Waals surface area (Å²) in [5.41, 5.74) is -0.278. The van der Waals surface area contributed by atoms with Gasteiger partial charge in [0.15, 0.2) is 0 Å². The Kier molecular flexibility index (Phi) is 3.17. The van der Waals surface area contributed by atoms with Crippen LogP contribution in [-0.4, -0.2) is 19.7 Å². The van der Waals surface area contributed by atoms with Crippen molar-refractivity contribution in [1.82, 2.24) is 19.7 Å². The Morgan fingerprint density at radius 1 is 1.33 bits per heavy atom. The van der Waals surface area contributed by atoms with E-state index in [1.165, 1.54) is 0 Å². The summed E-state index contributed by atoms with van der Waals surface area (Å²) in [6, 6.07) is 2.58. The minimum atomic E-state index is -4.47. The van der Waals surface area contributed by atoms with Gasteiger partial charge in [0.05, 0.1) is 12.2 Å². The Morgan fingerprint density at radius 2 is 2.11 bits per heavy atom. The van der Waals surface area contributed by atoms with Gasteiger partial charge in [-0.2, -0.15) is 18.3 Å². The molecule has 8 heteroatoms. The lowest BCUT2D eigenvalue weighted by atomic mass is 10.4. The van der Waals surface area contributed by atoms with Crippen molar-refractivity contribution in [3.63, 3.8) is 0 Å². The minimum absolute atomic E-state index is 0.0736. The molecule has 0 fully saturated rings. The molecular formula is C10H10F3N5. The third-order valence-electron chi connectivity index (χ3n) is 2.14. The zero-order chi connectivity index (χ0) is 13.2. The highest BCUT2D eigenvalue weighted by Gasteiger charge is 2.32. The Morgan fingerprint density at radius 3 is 2.72 bits per heavy atom. The number of alkyl halides is 3. The second-order valence-electron chi connectivity index (χ2n) is 3.60. The SMILES string of the molecule is Cn1ccc(CNc2nccc(C(F)(F)F)n2)n1. The topological polar surface area (TPSA) is 55.6 Å². The predicted octanol–water partition coefficient (Wildman–Crippen LogP) is 1.84. The van der Waals surface area contributed by atoms with Crippen molar-refractivity contribution in [3.8, 4) is 0 Å². The molecule has 0 saturated carbocycles. The average Bonchev–Trinajstić information content (AvgIpc) is 2.72.